The summed E-state index contributed by atoms with van der Waals surface area (Å²) in [6.45, 7) is 6.84. The van der Waals surface area contributed by atoms with Gasteiger partial charge >= 0.3 is 18.0 Å². The summed E-state index contributed by atoms with van der Waals surface area (Å²) in [4.78, 5) is 76.4. The van der Waals surface area contributed by atoms with Gasteiger partial charge in [0.1, 0.15) is 36.0 Å². The Hall–Kier alpha value is -6.31. The summed E-state index contributed by atoms with van der Waals surface area (Å²) in [6, 6.07) is 26.9. The summed E-state index contributed by atoms with van der Waals surface area (Å²) in [6.07, 6.45) is 0.582. The zero-order valence-corrected chi connectivity index (χ0v) is 32.4. The number of para-hydroxylation sites is 2. The minimum absolute atomic E-state index is 0.0119. The number of amides is 4. The second kappa shape index (κ2) is 16.7. The van der Waals surface area contributed by atoms with Crippen molar-refractivity contribution in [2.45, 2.75) is 49.5 Å². The molecule has 3 heterocycles. The molecule has 3 aliphatic rings. The molecule has 2 saturated heterocycles. The number of cyclic esters (lactones) is 1. The van der Waals surface area contributed by atoms with Gasteiger partial charge in [0, 0.05) is 12.1 Å². The van der Waals surface area contributed by atoms with E-state index < -0.39 is 77.3 Å². The molecule has 2 fully saturated rings. The molecular formula is C45H46N4O9. The standard InChI is InChI=1S/C45H46N4O9/c1-5-24-46-40(51)34-37-42(53)58-38(29-18-10-7-11-19-29)36(28-16-8-6-9-17-28)49(37)39(30-20-12-15-23-33(30)57-26-25-50)45(34)31-21-13-14-22-32(31)48(43(45)54)44(55)47-35(27(2)3)41(52)56-4/h5-23,27,34-39,50H,1,24-26H2,2-4H3,(H,46,51)(H,47,55)/t34-,35+,36-,37-,38+,39+,45-/m1/s1. The van der Waals surface area contributed by atoms with Crippen LogP contribution in [0.3, 0.4) is 0 Å². The Morgan fingerprint density at radius 3 is 2.19 bits per heavy atom. The van der Waals surface area contributed by atoms with Crippen molar-refractivity contribution in [1.29, 1.82) is 0 Å². The molecule has 0 aliphatic carbocycles. The van der Waals surface area contributed by atoms with Gasteiger partial charge in [-0.15, -0.1) is 6.58 Å². The highest BCUT2D eigenvalue weighted by molar-refractivity contribution is 6.25. The van der Waals surface area contributed by atoms with Crippen LogP contribution in [0.2, 0.25) is 0 Å². The number of urea groups is 1. The van der Waals surface area contributed by atoms with Crippen molar-refractivity contribution < 1.29 is 43.3 Å². The minimum atomic E-state index is -2.00. The molecule has 0 bridgehead atoms. The first-order valence-electron chi connectivity index (χ1n) is 19.2. The molecule has 300 valence electrons. The number of aliphatic hydroxyl groups is 1. The minimum Gasteiger partial charge on any atom is -0.491 e. The molecule has 58 heavy (non-hydrogen) atoms. The molecule has 3 aliphatic heterocycles. The second-order valence-electron chi connectivity index (χ2n) is 14.8. The summed E-state index contributed by atoms with van der Waals surface area (Å²) in [5.41, 5.74) is 0.325. The number of carbonyl (C=O) groups is 5. The maximum Gasteiger partial charge on any atom is 0.329 e. The maximum absolute atomic E-state index is 16.1. The number of methoxy groups -OCH3 is 1. The van der Waals surface area contributed by atoms with Crippen molar-refractivity contribution in [3.63, 3.8) is 0 Å². The van der Waals surface area contributed by atoms with E-state index in [1.165, 1.54) is 13.2 Å². The van der Waals surface area contributed by atoms with E-state index in [2.05, 4.69) is 17.2 Å². The molecule has 4 amide bonds. The fraction of sp³-hybridized carbons (Fsp3) is 0.311. The number of benzene rings is 4. The van der Waals surface area contributed by atoms with Crippen LogP contribution in [0.5, 0.6) is 5.75 Å². The highest BCUT2D eigenvalue weighted by Gasteiger charge is 2.76. The Morgan fingerprint density at radius 1 is 0.897 bits per heavy atom. The maximum atomic E-state index is 16.1. The average molecular weight is 787 g/mol. The van der Waals surface area contributed by atoms with E-state index in [0.717, 1.165) is 10.5 Å². The Morgan fingerprint density at radius 2 is 1.53 bits per heavy atom. The number of nitrogens with zero attached hydrogens (tertiary/aromatic N) is 2. The molecule has 7 rings (SSSR count). The monoisotopic (exact) mass is 786 g/mol. The number of imide groups is 1. The van der Waals surface area contributed by atoms with Gasteiger partial charge in [0.15, 0.2) is 0 Å². The van der Waals surface area contributed by atoms with E-state index in [9.17, 15) is 19.5 Å². The van der Waals surface area contributed by atoms with Gasteiger partial charge in [-0.05, 0) is 34.7 Å². The number of ether oxygens (including phenoxy) is 3. The van der Waals surface area contributed by atoms with Gasteiger partial charge in [0.25, 0.3) is 0 Å². The zero-order valence-electron chi connectivity index (χ0n) is 32.4. The third kappa shape index (κ3) is 6.59. The Balaban J connectivity index is 1.56. The Kier molecular flexibility index (Phi) is 11.5. The molecule has 0 unspecified atom stereocenters. The summed E-state index contributed by atoms with van der Waals surface area (Å²) in [5.74, 6) is -4.51. The smallest absolute Gasteiger partial charge is 0.329 e. The quantitative estimate of drug-likeness (QED) is 0.133. The number of hydrogen-bond acceptors (Lipinski definition) is 10. The van der Waals surface area contributed by atoms with E-state index in [0.29, 0.717) is 22.4 Å². The third-order valence-corrected chi connectivity index (χ3v) is 11.2. The molecule has 0 radical (unpaired) electrons. The predicted molar refractivity (Wildman–Crippen MR) is 213 cm³/mol. The number of esters is 2. The zero-order chi connectivity index (χ0) is 41.1. The van der Waals surface area contributed by atoms with Crippen LogP contribution in [0, 0.1) is 11.8 Å². The van der Waals surface area contributed by atoms with Gasteiger partial charge in [-0.2, -0.15) is 0 Å². The predicted octanol–water partition coefficient (Wildman–Crippen LogP) is 4.93. The van der Waals surface area contributed by atoms with Crippen LogP contribution < -0.4 is 20.3 Å². The fourth-order valence-corrected chi connectivity index (χ4v) is 8.93. The largest absolute Gasteiger partial charge is 0.491 e. The van der Waals surface area contributed by atoms with Crippen LogP contribution in [0.25, 0.3) is 0 Å². The number of hydrogen-bond donors (Lipinski definition) is 3. The van der Waals surface area contributed by atoms with Crippen molar-refractivity contribution in [2.75, 3.05) is 31.8 Å². The van der Waals surface area contributed by atoms with Gasteiger partial charge in [0.05, 0.1) is 37.4 Å². The number of morpholine rings is 1. The molecule has 13 nitrogen and oxygen atoms in total. The van der Waals surface area contributed by atoms with E-state index in [1.807, 2.05) is 65.6 Å². The van der Waals surface area contributed by atoms with Gasteiger partial charge in [0.2, 0.25) is 11.8 Å². The molecule has 1 spiro atoms. The number of anilines is 1. The lowest BCUT2D eigenvalue weighted by Crippen LogP contribution is -2.57. The van der Waals surface area contributed by atoms with E-state index in [1.54, 1.807) is 62.4 Å². The molecule has 4 aromatic rings. The molecule has 0 saturated carbocycles. The Labute approximate surface area is 336 Å². The van der Waals surface area contributed by atoms with E-state index >= 15 is 9.59 Å². The van der Waals surface area contributed by atoms with Gasteiger partial charge in [-0.3, -0.25) is 19.3 Å². The van der Waals surface area contributed by atoms with Crippen LogP contribution in [0.4, 0.5) is 10.5 Å². The normalized spacial score (nSPS) is 24.1. The molecule has 0 aromatic heterocycles. The van der Waals surface area contributed by atoms with Crippen molar-refractivity contribution in [3.05, 3.63) is 144 Å². The topological polar surface area (TPSA) is 164 Å². The Bertz CT molecular complexity index is 2200. The summed E-state index contributed by atoms with van der Waals surface area (Å²) in [5, 5.41) is 15.5. The summed E-state index contributed by atoms with van der Waals surface area (Å²) in [7, 11) is 1.21. The van der Waals surface area contributed by atoms with Crippen LogP contribution >= 0.6 is 0 Å². The summed E-state index contributed by atoms with van der Waals surface area (Å²) < 4.78 is 17.6. The number of carbonyl (C=O) groups excluding carboxylic acids is 5. The first kappa shape index (κ1) is 39.9. The molecule has 7 atom stereocenters. The van der Waals surface area contributed by atoms with Crippen molar-refractivity contribution in [1.82, 2.24) is 15.5 Å². The van der Waals surface area contributed by atoms with Crippen LogP contribution in [0.1, 0.15) is 54.3 Å². The fourth-order valence-electron chi connectivity index (χ4n) is 8.93. The lowest BCUT2D eigenvalue weighted by atomic mass is 9.65. The number of fused-ring (bicyclic) bond motifs is 3. The van der Waals surface area contributed by atoms with Crippen LogP contribution in [0.15, 0.2) is 122 Å². The van der Waals surface area contributed by atoms with E-state index in [-0.39, 0.29) is 25.4 Å². The van der Waals surface area contributed by atoms with Crippen molar-refractivity contribution >= 4 is 35.5 Å². The first-order valence-corrected chi connectivity index (χ1v) is 19.2. The number of rotatable bonds is 12. The SMILES string of the molecule is C=CCNC(=O)[C@H]1[C@@H]2C(=O)O[C@@H](c3ccccc3)[C@@H](c3ccccc3)N2[C@@H](c2ccccc2OCCO)[C@]12C(=O)N(C(=O)N[C@H](C(=O)OC)C(C)C)c1ccccc12. The van der Waals surface area contributed by atoms with Gasteiger partial charge < -0.3 is 30.0 Å². The second-order valence-corrected chi connectivity index (χ2v) is 14.8. The molecule has 13 heteroatoms. The molecular weight excluding hydrogens is 741 g/mol. The van der Waals surface area contributed by atoms with Gasteiger partial charge in [-0.1, -0.05) is 117 Å². The number of nitrogens with one attached hydrogen (secondary N) is 2. The van der Waals surface area contributed by atoms with Crippen LogP contribution in [-0.4, -0.2) is 78.7 Å². The number of aliphatic hydroxyl groups excluding tert-OH is 1. The lowest BCUT2D eigenvalue weighted by molar-refractivity contribution is -0.178. The summed E-state index contributed by atoms with van der Waals surface area (Å²) >= 11 is 0. The lowest BCUT2D eigenvalue weighted by Gasteiger charge is -2.46. The highest BCUT2D eigenvalue weighted by atomic mass is 16.6. The first-order chi connectivity index (χ1) is 28.1. The van der Waals surface area contributed by atoms with Crippen molar-refractivity contribution in [3.8, 4) is 5.75 Å². The highest BCUT2D eigenvalue weighted by Crippen LogP contribution is 2.66. The third-order valence-electron chi connectivity index (χ3n) is 11.2. The van der Waals surface area contributed by atoms with Crippen molar-refractivity contribution in [2.24, 2.45) is 11.8 Å². The molecule has 3 N–H and O–H groups in total. The average Bonchev–Trinajstić information content (AvgIpc) is 3.70. The molecule has 4 aromatic carbocycles. The van der Waals surface area contributed by atoms with E-state index in [4.69, 9.17) is 14.2 Å². The van der Waals surface area contributed by atoms with Crippen LogP contribution in [-0.2, 0) is 34.1 Å². The van der Waals surface area contributed by atoms with Gasteiger partial charge in [-0.25, -0.2) is 14.5 Å².